The van der Waals surface area contributed by atoms with Crippen LogP contribution in [0.5, 0.6) is 0 Å². The molecule has 2 aromatic rings. The van der Waals surface area contributed by atoms with Gasteiger partial charge in [0.2, 0.25) is 5.95 Å². The van der Waals surface area contributed by atoms with Crippen LogP contribution in [0.1, 0.15) is 36.6 Å². The molecule has 22 heavy (non-hydrogen) atoms. The fourth-order valence-electron chi connectivity index (χ4n) is 3.00. The van der Waals surface area contributed by atoms with Crippen LogP contribution in [-0.2, 0) is 6.42 Å². The van der Waals surface area contributed by atoms with E-state index in [0.29, 0.717) is 5.95 Å². The van der Waals surface area contributed by atoms with Gasteiger partial charge in [0, 0.05) is 18.8 Å². The van der Waals surface area contributed by atoms with Crippen molar-refractivity contribution in [2.24, 2.45) is 5.10 Å². The summed E-state index contributed by atoms with van der Waals surface area (Å²) >= 11 is 0. The molecule has 0 saturated carbocycles. The Bertz CT molecular complexity index is 686. The summed E-state index contributed by atoms with van der Waals surface area (Å²) in [5.41, 5.74) is 10.6. The van der Waals surface area contributed by atoms with Gasteiger partial charge in [-0.15, -0.1) is 0 Å². The number of aryl methyl sites for hydroxylation is 2. The van der Waals surface area contributed by atoms with Crippen LogP contribution in [0.25, 0.3) is 0 Å². The van der Waals surface area contributed by atoms with Crippen molar-refractivity contribution in [1.29, 1.82) is 0 Å². The van der Waals surface area contributed by atoms with Crippen molar-refractivity contribution in [3.8, 4) is 0 Å². The molecule has 2 heterocycles. The maximum absolute atomic E-state index is 5.80. The topological polar surface area (TPSA) is 59.4 Å². The quantitative estimate of drug-likeness (QED) is 0.883. The highest BCUT2D eigenvalue weighted by molar-refractivity contribution is 5.81. The molecule has 0 atom stereocenters. The zero-order valence-corrected chi connectivity index (χ0v) is 13.3. The molecule has 0 saturated heterocycles. The lowest BCUT2D eigenvalue weighted by atomic mass is 9.99. The fourth-order valence-corrected chi connectivity index (χ4v) is 3.00. The summed E-state index contributed by atoms with van der Waals surface area (Å²) in [5.74, 6) is 0.417. The van der Waals surface area contributed by atoms with Crippen molar-refractivity contribution in [2.45, 2.75) is 33.1 Å². The Labute approximate surface area is 131 Å². The smallest absolute Gasteiger partial charge is 0.221 e. The van der Waals surface area contributed by atoms with E-state index >= 15 is 0 Å². The van der Waals surface area contributed by atoms with Crippen molar-refractivity contribution in [1.82, 2.24) is 9.66 Å². The third-order valence-corrected chi connectivity index (χ3v) is 3.98. The fraction of sp³-hybridized carbons (Fsp3) is 0.412. The molecule has 116 valence electrons. The highest BCUT2D eigenvalue weighted by Gasteiger charge is 2.15. The number of hydrogen-bond acceptors (Lipinski definition) is 4. The molecule has 1 aliphatic rings. The standard InChI is InChI=1S/C17H23N5/c1-3-8-21-9-4-5-15-10-14(6-7-16(15)21)11-19-22-12-13(2)20-17(22)18/h6-7,10-12H,3-5,8-9H2,1-2H3,(H2,18,20). The molecular formula is C17H23N5. The zero-order valence-electron chi connectivity index (χ0n) is 13.3. The summed E-state index contributed by atoms with van der Waals surface area (Å²) < 4.78 is 1.61. The first-order valence-corrected chi connectivity index (χ1v) is 7.91. The largest absolute Gasteiger partial charge is 0.371 e. The van der Waals surface area contributed by atoms with Crippen molar-refractivity contribution in [3.05, 3.63) is 41.2 Å². The van der Waals surface area contributed by atoms with Gasteiger partial charge in [-0.2, -0.15) is 5.10 Å². The summed E-state index contributed by atoms with van der Waals surface area (Å²) in [5, 5.41) is 4.39. The summed E-state index contributed by atoms with van der Waals surface area (Å²) in [6, 6.07) is 6.57. The van der Waals surface area contributed by atoms with E-state index in [0.717, 1.165) is 24.2 Å². The van der Waals surface area contributed by atoms with Gasteiger partial charge in [-0.05, 0) is 49.4 Å². The molecule has 0 amide bonds. The molecule has 0 fully saturated rings. The van der Waals surface area contributed by atoms with Crippen LogP contribution in [0.2, 0.25) is 0 Å². The van der Waals surface area contributed by atoms with Gasteiger partial charge in [0.25, 0.3) is 0 Å². The van der Waals surface area contributed by atoms with Crippen molar-refractivity contribution < 1.29 is 0 Å². The van der Waals surface area contributed by atoms with E-state index in [9.17, 15) is 0 Å². The minimum atomic E-state index is 0.417. The van der Waals surface area contributed by atoms with Gasteiger partial charge in [0.15, 0.2) is 0 Å². The lowest BCUT2D eigenvalue weighted by Crippen LogP contribution is -2.30. The van der Waals surface area contributed by atoms with E-state index in [1.165, 1.54) is 30.6 Å². The van der Waals surface area contributed by atoms with Crippen LogP contribution in [-0.4, -0.2) is 29.0 Å². The van der Waals surface area contributed by atoms with Crippen LogP contribution in [0.15, 0.2) is 29.5 Å². The Morgan fingerprint density at radius 2 is 2.27 bits per heavy atom. The molecule has 1 aliphatic heterocycles. The maximum atomic E-state index is 5.80. The monoisotopic (exact) mass is 297 g/mol. The molecule has 0 unspecified atom stereocenters. The molecule has 1 aromatic heterocycles. The van der Waals surface area contributed by atoms with Gasteiger partial charge >= 0.3 is 0 Å². The number of rotatable bonds is 4. The summed E-state index contributed by atoms with van der Waals surface area (Å²) in [6.07, 6.45) is 7.22. The average molecular weight is 297 g/mol. The summed E-state index contributed by atoms with van der Waals surface area (Å²) in [6.45, 7) is 6.43. The lowest BCUT2D eigenvalue weighted by molar-refractivity contribution is 0.681. The van der Waals surface area contributed by atoms with Gasteiger partial charge in [0.1, 0.15) is 0 Å². The van der Waals surface area contributed by atoms with E-state index in [-0.39, 0.29) is 0 Å². The van der Waals surface area contributed by atoms with Crippen LogP contribution >= 0.6 is 0 Å². The van der Waals surface area contributed by atoms with E-state index in [4.69, 9.17) is 5.73 Å². The minimum absolute atomic E-state index is 0.417. The van der Waals surface area contributed by atoms with Gasteiger partial charge < -0.3 is 10.6 Å². The van der Waals surface area contributed by atoms with E-state index < -0.39 is 0 Å². The number of nitrogens with two attached hydrogens (primary N) is 1. The first kappa shape index (κ1) is 14.6. The van der Waals surface area contributed by atoms with Crippen LogP contribution < -0.4 is 10.6 Å². The Kier molecular flexibility index (Phi) is 4.13. The predicted molar refractivity (Wildman–Crippen MR) is 91.6 cm³/mol. The van der Waals surface area contributed by atoms with Crippen molar-refractivity contribution in [2.75, 3.05) is 23.7 Å². The van der Waals surface area contributed by atoms with E-state index in [1.807, 2.05) is 19.3 Å². The molecule has 3 rings (SSSR count). The predicted octanol–water partition coefficient (Wildman–Crippen LogP) is 2.82. The molecule has 0 aliphatic carbocycles. The van der Waals surface area contributed by atoms with Crippen molar-refractivity contribution >= 4 is 17.9 Å². The third kappa shape index (κ3) is 2.98. The number of imidazole rings is 1. The summed E-state index contributed by atoms with van der Waals surface area (Å²) in [7, 11) is 0. The van der Waals surface area contributed by atoms with E-state index in [1.54, 1.807) is 4.68 Å². The average Bonchev–Trinajstić information content (AvgIpc) is 2.83. The first-order chi connectivity index (χ1) is 10.7. The Morgan fingerprint density at radius 1 is 1.41 bits per heavy atom. The maximum Gasteiger partial charge on any atom is 0.221 e. The van der Waals surface area contributed by atoms with E-state index in [2.05, 4.69) is 40.1 Å². The van der Waals surface area contributed by atoms with Gasteiger partial charge in [-0.1, -0.05) is 13.0 Å². The van der Waals surface area contributed by atoms with Gasteiger partial charge in [-0.3, -0.25) is 0 Å². The number of fused-ring (bicyclic) bond motifs is 1. The highest BCUT2D eigenvalue weighted by Crippen LogP contribution is 2.27. The van der Waals surface area contributed by atoms with Gasteiger partial charge in [0.05, 0.1) is 18.1 Å². The second-order valence-corrected chi connectivity index (χ2v) is 5.81. The Morgan fingerprint density at radius 3 is 3.00 bits per heavy atom. The normalized spacial score (nSPS) is 14.5. The SMILES string of the molecule is CCCN1CCCc2cc(C=Nn3cc(C)nc3N)ccc21. The lowest BCUT2D eigenvalue weighted by Gasteiger charge is -2.31. The molecule has 1 aromatic carbocycles. The van der Waals surface area contributed by atoms with Gasteiger partial charge in [-0.25, -0.2) is 9.66 Å². The second-order valence-electron chi connectivity index (χ2n) is 5.81. The van der Waals surface area contributed by atoms with Crippen LogP contribution in [0.4, 0.5) is 11.6 Å². The molecule has 5 heteroatoms. The molecule has 2 N–H and O–H groups in total. The molecule has 0 spiro atoms. The first-order valence-electron chi connectivity index (χ1n) is 7.91. The molecular weight excluding hydrogens is 274 g/mol. The Hall–Kier alpha value is -2.30. The molecule has 0 bridgehead atoms. The number of nitrogens with zero attached hydrogens (tertiary/aromatic N) is 4. The zero-order chi connectivity index (χ0) is 15.5. The van der Waals surface area contributed by atoms with Crippen LogP contribution in [0, 0.1) is 6.92 Å². The third-order valence-electron chi connectivity index (χ3n) is 3.98. The number of benzene rings is 1. The highest BCUT2D eigenvalue weighted by atomic mass is 15.4. The second kappa shape index (κ2) is 6.22. The number of anilines is 2. The molecule has 0 radical (unpaired) electrons. The van der Waals surface area contributed by atoms with Crippen molar-refractivity contribution in [3.63, 3.8) is 0 Å². The minimum Gasteiger partial charge on any atom is -0.371 e. The number of aromatic nitrogens is 2. The molecule has 5 nitrogen and oxygen atoms in total. The summed E-state index contributed by atoms with van der Waals surface area (Å²) in [4.78, 5) is 6.63. The van der Waals surface area contributed by atoms with Crippen LogP contribution in [0.3, 0.4) is 0 Å². The number of hydrogen-bond donors (Lipinski definition) is 1. The number of nitrogen functional groups attached to an aromatic ring is 1. The Balaban J connectivity index is 1.83.